The van der Waals surface area contributed by atoms with Crippen LogP contribution in [0.2, 0.25) is 15.1 Å². The Morgan fingerprint density at radius 2 is 1.79 bits per heavy atom. The van der Waals surface area contributed by atoms with Gasteiger partial charge in [-0.2, -0.15) is 0 Å². The highest BCUT2D eigenvalue weighted by Gasteiger charge is 2.06. The molecule has 0 radical (unpaired) electrons. The van der Waals surface area contributed by atoms with E-state index in [1.165, 1.54) is 0 Å². The molecule has 0 bridgehead atoms. The lowest BCUT2D eigenvalue weighted by Crippen LogP contribution is -2.01. The van der Waals surface area contributed by atoms with Crippen molar-refractivity contribution in [2.45, 2.75) is 6.42 Å². The molecule has 0 aliphatic rings. The lowest BCUT2D eigenvalue weighted by Gasteiger charge is -2.09. The molecule has 74 valence electrons. The number of halogens is 3. The van der Waals surface area contributed by atoms with Crippen molar-refractivity contribution in [3.63, 3.8) is 0 Å². The van der Waals surface area contributed by atoms with Crippen LogP contribution >= 0.6 is 34.8 Å². The van der Waals surface area contributed by atoms with Crippen molar-refractivity contribution in [3.8, 4) is 12.3 Å². The van der Waals surface area contributed by atoms with Crippen molar-refractivity contribution < 1.29 is 0 Å². The lowest BCUT2D eigenvalue weighted by molar-refractivity contribution is 1.10. The molecule has 0 saturated carbocycles. The number of hydrogen-bond acceptors (Lipinski definition) is 1. The maximum Gasteiger partial charge on any atom is 0.0720 e. The number of anilines is 1. The molecule has 0 spiro atoms. The van der Waals surface area contributed by atoms with Crippen molar-refractivity contribution in [2.24, 2.45) is 0 Å². The highest BCUT2D eigenvalue weighted by Crippen LogP contribution is 2.33. The second kappa shape index (κ2) is 5.36. The summed E-state index contributed by atoms with van der Waals surface area (Å²) >= 11 is 17.6. The Kier molecular flexibility index (Phi) is 4.41. The summed E-state index contributed by atoms with van der Waals surface area (Å²) in [6, 6.07) is 3.26. The number of benzene rings is 1. The van der Waals surface area contributed by atoms with Crippen LogP contribution in [0.5, 0.6) is 0 Å². The molecule has 0 atom stereocenters. The van der Waals surface area contributed by atoms with Gasteiger partial charge in [0.1, 0.15) is 0 Å². The van der Waals surface area contributed by atoms with E-state index in [1.54, 1.807) is 12.1 Å². The summed E-state index contributed by atoms with van der Waals surface area (Å²) in [6.07, 6.45) is 5.74. The van der Waals surface area contributed by atoms with Gasteiger partial charge in [-0.25, -0.2) is 0 Å². The second-order valence-electron chi connectivity index (χ2n) is 2.63. The minimum Gasteiger partial charge on any atom is -0.382 e. The molecule has 0 unspecified atom stereocenters. The summed E-state index contributed by atoms with van der Waals surface area (Å²) in [5, 5.41) is 4.56. The van der Waals surface area contributed by atoms with Crippen molar-refractivity contribution in [1.29, 1.82) is 0 Å². The first-order valence-corrected chi connectivity index (χ1v) is 5.10. The largest absolute Gasteiger partial charge is 0.382 e. The van der Waals surface area contributed by atoms with Gasteiger partial charge in [0, 0.05) is 18.0 Å². The van der Waals surface area contributed by atoms with Gasteiger partial charge in [-0.15, -0.1) is 12.3 Å². The molecule has 1 aromatic rings. The Morgan fingerprint density at radius 1 is 1.21 bits per heavy atom. The Balaban J connectivity index is 2.81. The summed E-state index contributed by atoms with van der Waals surface area (Å²) < 4.78 is 0. The van der Waals surface area contributed by atoms with Crippen LogP contribution in [-0.2, 0) is 0 Å². The predicted molar refractivity (Wildman–Crippen MR) is 63.4 cm³/mol. The van der Waals surface area contributed by atoms with Crippen LogP contribution in [-0.4, -0.2) is 6.54 Å². The van der Waals surface area contributed by atoms with Gasteiger partial charge in [-0.3, -0.25) is 0 Å². The number of rotatable bonds is 3. The van der Waals surface area contributed by atoms with Crippen LogP contribution in [0.4, 0.5) is 5.69 Å². The van der Waals surface area contributed by atoms with E-state index in [4.69, 9.17) is 41.2 Å². The molecule has 1 N–H and O–H groups in total. The summed E-state index contributed by atoms with van der Waals surface area (Å²) in [5.74, 6) is 2.51. The van der Waals surface area contributed by atoms with E-state index < -0.39 is 0 Å². The van der Waals surface area contributed by atoms with Gasteiger partial charge in [0.25, 0.3) is 0 Å². The van der Waals surface area contributed by atoms with Crippen LogP contribution in [0.15, 0.2) is 12.1 Å². The third kappa shape index (κ3) is 2.99. The minimum absolute atomic E-state index is 0.500. The van der Waals surface area contributed by atoms with Crippen molar-refractivity contribution in [1.82, 2.24) is 0 Å². The van der Waals surface area contributed by atoms with Gasteiger partial charge < -0.3 is 5.32 Å². The van der Waals surface area contributed by atoms with Gasteiger partial charge in [0.15, 0.2) is 0 Å². The molecule has 0 amide bonds. The smallest absolute Gasteiger partial charge is 0.0720 e. The maximum absolute atomic E-state index is 5.93. The fraction of sp³-hybridized carbons (Fsp3) is 0.200. The second-order valence-corrected chi connectivity index (χ2v) is 3.88. The van der Waals surface area contributed by atoms with Gasteiger partial charge in [0.2, 0.25) is 0 Å². The van der Waals surface area contributed by atoms with Gasteiger partial charge in [-0.1, -0.05) is 34.8 Å². The summed E-state index contributed by atoms with van der Waals surface area (Å²) in [7, 11) is 0. The normalized spacial score (nSPS) is 9.57. The molecule has 0 aromatic heterocycles. The quantitative estimate of drug-likeness (QED) is 0.628. The van der Waals surface area contributed by atoms with Crippen LogP contribution in [0.1, 0.15) is 6.42 Å². The fourth-order valence-electron chi connectivity index (χ4n) is 0.971. The standard InChI is InChI=1S/C10H8Cl3N/c1-2-3-4-14-10-8(12)5-7(11)6-9(10)13/h1,5-6,14H,3-4H2. The SMILES string of the molecule is C#CCCNc1c(Cl)cc(Cl)cc1Cl. The first-order chi connectivity index (χ1) is 6.65. The van der Waals surface area contributed by atoms with Crippen molar-refractivity contribution >= 4 is 40.5 Å². The molecule has 0 aliphatic heterocycles. The van der Waals surface area contributed by atoms with E-state index in [9.17, 15) is 0 Å². The summed E-state index contributed by atoms with van der Waals surface area (Å²) in [4.78, 5) is 0. The van der Waals surface area contributed by atoms with E-state index in [0.717, 1.165) is 0 Å². The average Bonchev–Trinajstić information content (AvgIpc) is 2.09. The summed E-state index contributed by atoms with van der Waals surface area (Å²) in [5.41, 5.74) is 0.674. The molecule has 1 nitrogen and oxygen atoms in total. The Morgan fingerprint density at radius 3 is 2.29 bits per heavy atom. The Bertz CT molecular complexity index is 345. The Hall–Kier alpha value is -0.550. The molecule has 4 heteroatoms. The molecule has 1 aromatic carbocycles. The van der Waals surface area contributed by atoms with E-state index in [1.807, 2.05) is 0 Å². The first-order valence-electron chi connectivity index (χ1n) is 3.97. The van der Waals surface area contributed by atoms with Crippen molar-refractivity contribution in [2.75, 3.05) is 11.9 Å². The van der Waals surface area contributed by atoms with Crippen LogP contribution in [0.3, 0.4) is 0 Å². The zero-order valence-corrected chi connectivity index (χ0v) is 9.55. The van der Waals surface area contributed by atoms with Crippen LogP contribution < -0.4 is 5.32 Å². The van der Waals surface area contributed by atoms with E-state index in [0.29, 0.717) is 33.7 Å². The zero-order chi connectivity index (χ0) is 10.6. The topological polar surface area (TPSA) is 12.0 Å². The third-order valence-electron chi connectivity index (χ3n) is 1.58. The lowest BCUT2D eigenvalue weighted by atomic mass is 10.3. The Labute approximate surface area is 98.4 Å². The number of nitrogens with one attached hydrogen (secondary N) is 1. The molecule has 0 saturated heterocycles. The predicted octanol–water partition coefficient (Wildman–Crippen LogP) is 4.08. The maximum atomic E-state index is 5.93. The monoisotopic (exact) mass is 247 g/mol. The molecule has 0 heterocycles. The van der Waals surface area contributed by atoms with Gasteiger partial charge in [-0.05, 0) is 12.1 Å². The van der Waals surface area contributed by atoms with E-state index in [2.05, 4.69) is 11.2 Å². The van der Waals surface area contributed by atoms with E-state index in [-0.39, 0.29) is 0 Å². The van der Waals surface area contributed by atoms with Crippen LogP contribution in [0, 0.1) is 12.3 Å². The summed E-state index contributed by atoms with van der Waals surface area (Å²) in [6.45, 7) is 0.636. The molecule has 0 fully saturated rings. The fourth-order valence-corrected chi connectivity index (χ4v) is 1.92. The zero-order valence-electron chi connectivity index (χ0n) is 7.28. The molecular weight excluding hydrogens is 240 g/mol. The van der Waals surface area contributed by atoms with Crippen LogP contribution in [0.25, 0.3) is 0 Å². The number of hydrogen-bond donors (Lipinski definition) is 1. The van der Waals surface area contributed by atoms with Gasteiger partial charge in [0.05, 0.1) is 15.7 Å². The molecule has 1 rings (SSSR count). The first kappa shape index (κ1) is 11.5. The highest BCUT2D eigenvalue weighted by molar-refractivity contribution is 6.41. The molecule has 0 aliphatic carbocycles. The number of terminal acetylenes is 1. The minimum atomic E-state index is 0.500. The molecular formula is C10H8Cl3N. The highest BCUT2D eigenvalue weighted by atomic mass is 35.5. The third-order valence-corrected chi connectivity index (χ3v) is 2.39. The average molecular weight is 249 g/mol. The molecule has 14 heavy (non-hydrogen) atoms. The van der Waals surface area contributed by atoms with Gasteiger partial charge >= 0.3 is 0 Å². The van der Waals surface area contributed by atoms with E-state index >= 15 is 0 Å². The van der Waals surface area contributed by atoms with Crippen molar-refractivity contribution in [3.05, 3.63) is 27.2 Å².